The molecule has 0 aliphatic heterocycles. The number of hydrogen-bond acceptors (Lipinski definition) is 3. The second kappa shape index (κ2) is 7.63. The van der Waals surface area contributed by atoms with Gasteiger partial charge in [0.2, 0.25) is 10.0 Å². The Balaban J connectivity index is 2.26. The highest BCUT2D eigenvalue weighted by molar-refractivity contribution is 7.89. The van der Waals surface area contributed by atoms with Crippen LogP contribution in [0.1, 0.15) is 5.56 Å². The average molecular weight is 340 g/mol. The molecule has 0 aliphatic carbocycles. The SMILES string of the molecule is NCCN(CCc1ccccc1)S(=O)(=O)c1cc(F)ccc1F. The molecule has 2 aromatic rings. The Bertz CT molecular complexity index is 752. The summed E-state index contributed by atoms with van der Waals surface area (Å²) in [6.45, 7) is 0.259. The molecule has 0 radical (unpaired) electrons. The van der Waals surface area contributed by atoms with Gasteiger partial charge in [0.05, 0.1) is 0 Å². The van der Waals surface area contributed by atoms with Gasteiger partial charge in [0.1, 0.15) is 16.5 Å². The molecule has 2 aromatic carbocycles. The number of nitrogens with two attached hydrogens (primary N) is 1. The van der Waals surface area contributed by atoms with Crippen molar-refractivity contribution in [2.45, 2.75) is 11.3 Å². The van der Waals surface area contributed by atoms with Gasteiger partial charge in [-0.2, -0.15) is 4.31 Å². The lowest BCUT2D eigenvalue weighted by molar-refractivity contribution is 0.417. The molecule has 0 amide bonds. The van der Waals surface area contributed by atoms with Crippen LogP contribution in [0.3, 0.4) is 0 Å². The largest absolute Gasteiger partial charge is 0.329 e. The smallest absolute Gasteiger partial charge is 0.246 e. The Hall–Kier alpha value is -1.83. The van der Waals surface area contributed by atoms with E-state index in [1.807, 2.05) is 30.3 Å². The third-order valence-electron chi connectivity index (χ3n) is 3.38. The highest BCUT2D eigenvalue weighted by Crippen LogP contribution is 2.20. The number of sulfonamides is 1. The number of benzene rings is 2. The predicted molar refractivity (Wildman–Crippen MR) is 84.3 cm³/mol. The summed E-state index contributed by atoms with van der Waals surface area (Å²) in [6, 6.07) is 11.7. The summed E-state index contributed by atoms with van der Waals surface area (Å²) in [5.74, 6) is -1.78. The van der Waals surface area contributed by atoms with Crippen molar-refractivity contribution in [1.82, 2.24) is 4.31 Å². The lowest BCUT2D eigenvalue weighted by atomic mass is 10.1. The molecule has 7 heteroatoms. The van der Waals surface area contributed by atoms with Crippen molar-refractivity contribution in [3.63, 3.8) is 0 Å². The fourth-order valence-electron chi connectivity index (χ4n) is 2.21. The lowest BCUT2D eigenvalue weighted by Crippen LogP contribution is -2.37. The van der Waals surface area contributed by atoms with Gasteiger partial charge in [0.25, 0.3) is 0 Å². The van der Waals surface area contributed by atoms with Crippen LogP contribution in [0, 0.1) is 11.6 Å². The molecule has 23 heavy (non-hydrogen) atoms. The minimum atomic E-state index is -4.15. The molecule has 0 saturated carbocycles. The summed E-state index contributed by atoms with van der Waals surface area (Å²) in [4.78, 5) is -0.668. The Labute approximate surface area is 134 Å². The van der Waals surface area contributed by atoms with E-state index in [0.717, 1.165) is 22.0 Å². The normalized spacial score (nSPS) is 11.8. The van der Waals surface area contributed by atoms with Gasteiger partial charge in [0, 0.05) is 19.6 Å². The van der Waals surface area contributed by atoms with Crippen LogP contribution < -0.4 is 5.73 Å². The molecular weight excluding hydrogens is 322 g/mol. The van der Waals surface area contributed by atoms with E-state index >= 15 is 0 Å². The van der Waals surface area contributed by atoms with Crippen LogP contribution in [0.5, 0.6) is 0 Å². The maximum atomic E-state index is 13.8. The lowest BCUT2D eigenvalue weighted by Gasteiger charge is -2.22. The standard InChI is InChI=1S/C16H18F2N2O2S/c17-14-6-7-15(18)16(12-14)23(21,22)20(11-9-19)10-8-13-4-2-1-3-5-13/h1-7,12H,8-11,19H2. The second-order valence-corrected chi connectivity index (χ2v) is 6.91. The summed E-state index contributed by atoms with van der Waals surface area (Å²) < 4.78 is 53.4. The zero-order valence-electron chi connectivity index (χ0n) is 12.5. The Morgan fingerprint density at radius 1 is 1.00 bits per heavy atom. The van der Waals surface area contributed by atoms with Crippen LogP contribution >= 0.6 is 0 Å². The van der Waals surface area contributed by atoms with Gasteiger partial charge < -0.3 is 5.73 Å². The maximum absolute atomic E-state index is 13.8. The van der Waals surface area contributed by atoms with E-state index in [2.05, 4.69) is 0 Å². The molecule has 0 aromatic heterocycles. The van der Waals surface area contributed by atoms with Crippen molar-refractivity contribution in [3.8, 4) is 0 Å². The van der Waals surface area contributed by atoms with E-state index < -0.39 is 26.6 Å². The van der Waals surface area contributed by atoms with Crippen molar-refractivity contribution in [2.24, 2.45) is 5.73 Å². The predicted octanol–water partition coefficient (Wildman–Crippen LogP) is 2.16. The topological polar surface area (TPSA) is 63.4 Å². The van der Waals surface area contributed by atoms with E-state index in [1.54, 1.807) is 0 Å². The molecule has 124 valence electrons. The first-order chi connectivity index (χ1) is 10.9. The number of nitrogens with zero attached hydrogens (tertiary/aromatic N) is 1. The van der Waals surface area contributed by atoms with Crippen LogP contribution in [0.25, 0.3) is 0 Å². The molecule has 0 unspecified atom stereocenters. The first-order valence-corrected chi connectivity index (χ1v) is 8.58. The molecule has 0 saturated heterocycles. The van der Waals surface area contributed by atoms with Crippen molar-refractivity contribution >= 4 is 10.0 Å². The molecule has 0 atom stereocenters. The van der Waals surface area contributed by atoms with Gasteiger partial charge in [0.15, 0.2) is 0 Å². The molecular formula is C16H18F2N2O2S. The van der Waals surface area contributed by atoms with Crippen molar-refractivity contribution in [2.75, 3.05) is 19.6 Å². The zero-order valence-corrected chi connectivity index (χ0v) is 13.3. The Kier molecular flexibility index (Phi) is 5.81. The third kappa shape index (κ3) is 4.34. The molecule has 0 fully saturated rings. The summed E-state index contributed by atoms with van der Waals surface area (Å²) in [5.41, 5.74) is 6.42. The van der Waals surface area contributed by atoms with Gasteiger partial charge in [-0.1, -0.05) is 30.3 Å². The van der Waals surface area contributed by atoms with E-state index in [4.69, 9.17) is 5.73 Å². The molecule has 0 heterocycles. The van der Waals surface area contributed by atoms with Crippen molar-refractivity contribution in [1.29, 1.82) is 0 Å². The number of hydrogen-bond donors (Lipinski definition) is 1. The van der Waals surface area contributed by atoms with E-state index in [-0.39, 0.29) is 19.6 Å². The molecule has 0 spiro atoms. The van der Waals surface area contributed by atoms with Crippen molar-refractivity contribution < 1.29 is 17.2 Å². The summed E-state index contributed by atoms with van der Waals surface area (Å²) in [5, 5.41) is 0. The van der Waals surface area contributed by atoms with Gasteiger partial charge in [-0.3, -0.25) is 0 Å². The number of halogens is 2. The summed E-state index contributed by atoms with van der Waals surface area (Å²) >= 11 is 0. The highest BCUT2D eigenvalue weighted by Gasteiger charge is 2.27. The monoisotopic (exact) mass is 340 g/mol. The summed E-state index contributed by atoms with van der Waals surface area (Å²) in [6.07, 6.45) is 0.455. The quantitative estimate of drug-likeness (QED) is 0.840. The van der Waals surface area contributed by atoms with E-state index in [1.165, 1.54) is 0 Å². The average Bonchev–Trinajstić information content (AvgIpc) is 2.54. The van der Waals surface area contributed by atoms with E-state index in [9.17, 15) is 17.2 Å². The third-order valence-corrected chi connectivity index (χ3v) is 5.30. The molecule has 2 N–H and O–H groups in total. The highest BCUT2D eigenvalue weighted by atomic mass is 32.2. The fraction of sp³-hybridized carbons (Fsp3) is 0.250. The minimum absolute atomic E-state index is 0.0329. The second-order valence-electron chi connectivity index (χ2n) is 5.00. The number of rotatable bonds is 7. The first kappa shape index (κ1) is 17.5. The van der Waals surface area contributed by atoms with Crippen LogP contribution in [0.15, 0.2) is 53.4 Å². The fourth-order valence-corrected chi connectivity index (χ4v) is 3.74. The molecule has 0 bridgehead atoms. The van der Waals surface area contributed by atoms with Crippen molar-refractivity contribution in [3.05, 3.63) is 65.7 Å². The zero-order chi connectivity index (χ0) is 16.9. The van der Waals surface area contributed by atoms with Crippen LogP contribution in [0.4, 0.5) is 8.78 Å². The Morgan fingerprint density at radius 2 is 1.70 bits per heavy atom. The van der Waals surface area contributed by atoms with E-state index in [0.29, 0.717) is 12.5 Å². The van der Waals surface area contributed by atoms with Gasteiger partial charge in [-0.25, -0.2) is 17.2 Å². The van der Waals surface area contributed by atoms with Crippen LogP contribution in [0.2, 0.25) is 0 Å². The minimum Gasteiger partial charge on any atom is -0.329 e. The molecule has 0 aliphatic rings. The maximum Gasteiger partial charge on any atom is 0.246 e. The summed E-state index contributed by atoms with van der Waals surface area (Å²) in [7, 11) is -4.15. The Morgan fingerprint density at radius 3 is 2.35 bits per heavy atom. The van der Waals surface area contributed by atoms with Gasteiger partial charge >= 0.3 is 0 Å². The van der Waals surface area contributed by atoms with Crippen LogP contribution in [-0.2, 0) is 16.4 Å². The van der Waals surface area contributed by atoms with Crippen LogP contribution in [-0.4, -0.2) is 32.4 Å². The molecule has 4 nitrogen and oxygen atoms in total. The van der Waals surface area contributed by atoms with Gasteiger partial charge in [-0.15, -0.1) is 0 Å². The first-order valence-electron chi connectivity index (χ1n) is 7.14. The molecule has 2 rings (SSSR count). The van der Waals surface area contributed by atoms with Gasteiger partial charge in [-0.05, 0) is 30.2 Å².